The SMILES string of the molecule is O=C(OCc1nc2ccccc2s1)c1ccc(CN2CCCC2=O)cc1. The lowest BCUT2D eigenvalue weighted by molar-refractivity contribution is -0.128. The number of aromatic nitrogens is 1. The number of esters is 1. The molecule has 26 heavy (non-hydrogen) atoms. The minimum absolute atomic E-state index is 0.169. The quantitative estimate of drug-likeness (QED) is 0.645. The van der Waals surface area contributed by atoms with Gasteiger partial charge in [-0.15, -0.1) is 11.3 Å². The molecule has 2 heterocycles. The number of likely N-dealkylation sites (tertiary alicyclic amines) is 1. The molecule has 2 aromatic carbocycles. The van der Waals surface area contributed by atoms with Crippen LogP contribution in [0.5, 0.6) is 0 Å². The van der Waals surface area contributed by atoms with E-state index in [0.717, 1.165) is 33.8 Å². The third-order valence-corrected chi connectivity index (χ3v) is 5.41. The Kier molecular flexibility index (Phi) is 4.67. The predicted molar refractivity (Wildman–Crippen MR) is 99.8 cm³/mol. The average Bonchev–Trinajstić information content (AvgIpc) is 3.26. The van der Waals surface area contributed by atoms with Gasteiger partial charge in [0.25, 0.3) is 0 Å². The molecule has 0 bridgehead atoms. The Morgan fingerprint density at radius 2 is 1.96 bits per heavy atom. The van der Waals surface area contributed by atoms with Crippen molar-refractivity contribution in [2.45, 2.75) is 26.0 Å². The lowest BCUT2D eigenvalue weighted by Gasteiger charge is -2.15. The van der Waals surface area contributed by atoms with E-state index in [2.05, 4.69) is 4.98 Å². The number of thiazole rings is 1. The molecule has 1 saturated heterocycles. The first-order chi connectivity index (χ1) is 12.7. The lowest BCUT2D eigenvalue weighted by atomic mass is 10.1. The van der Waals surface area contributed by atoms with E-state index in [-0.39, 0.29) is 18.5 Å². The number of carbonyl (C=O) groups excluding carboxylic acids is 2. The molecule has 0 spiro atoms. The van der Waals surface area contributed by atoms with Crippen LogP contribution in [0.3, 0.4) is 0 Å². The highest BCUT2D eigenvalue weighted by Crippen LogP contribution is 2.22. The van der Waals surface area contributed by atoms with Crippen molar-refractivity contribution < 1.29 is 14.3 Å². The van der Waals surface area contributed by atoms with E-state index in [1.54, 1.807) is 12.1 Å². The Morgan fingerprint density at radius 1 is 1.15 bits per heavy atom. The molecule has 3 aromatic rings. The molecule has 1 aliphatic rings. The van der Waals surface area contributed by atoms with Gasteiger partial charge in [-0.05, 0) is 36.2 Å². The number of rotatable bonds is 5. The predicted octanol–water partition coefficient (Wildman–Crippen LogP) is 3.78. The fourth-order valence-corrected chi connectivity index (χ4v) is 3.91. The van der Waals surface area contributed by atoms with Crippen molar-refractivity contribution in [3.63, 3.8) is 0 Å². The van der Waals surface area contributed by atoms with Crippen LogP contribution in [0.25, 0.3) is 10.2 Å². The summed E-state index contributed by atoms with van der Waals surface area (Å²) in [7, 11) is 0. The Balaban J connectivity index is 1.36. The van der Waals surface area contributed by atoms with Gasteiger partial charge < -0.3 is 9.64 Å². The normalized spacial score (nSPS) is 14.2. The molecule has 1 amide bonds. The van der Waals surface area contributed by atoms with Crippen LogP contribution < -0.4 is 0 Å². The molecule has 1 aromatic heterocycles. The lowest BCUT2D eigenvalue weighted by Crippen LogP contribution is -2.23. The summed E-state index contributed by atoms with van der Waals surface area (Å²) < 4.78 is 6.46. The molecular weight excluding hydrogens is 348 g/mol. The van der Waals surface area contributed by atoms with Gasteiger partial charge >= 0.3 is 5.97 Å². The fraction of sp³-hybridized carbons (Fsp3) is 0.250. The zero-order valence-corrected chi connectivity index (χ0v) is 15.0. The van der Waals surface area contributed by atoms with Crippen molar-refractivity contribution in [1.82, 2.24) is 9.88 Å². The minimum Gasteiger partial charge on any atom is -0.455 e. The number of hydrogen-bond acceptors (Lipinski definition) is 5. The molecular formula is C20H18N2O3S. The van der Waals surface area contributed by atoms with Crippen LogP contribution >= 0.6 is 11.3 Å². The van der Waals surface area contributed by atoms with Crippen molar-refractivity contribution in [2.24, 2.45) is 0 Å². The topological polar surface area (TPSA) is 59.5 Å². The molecule has 1 aliphatic heterocycles. The van der Waals surface area contributed by atoms with Crippen molar-refractivity contribution in [2.75, 3.05) is 6.54 Å². The van der Waals surface area contributed by atoms with Gasteiger partial charge in [-0.2, -0.15) is 0 Å². The molecule has 6 heteroatoms. The van der Waals surface area contributed by atoms with Crippen molar-refractivity contribution >= 4 is 33.4 Å². The average molecular weight is 366 g/mol. The smallest absolute Gasteiger partial charge is 0.338 e. The Morgan fingerprint density at radius 3 is 2.69 bits per heavy atom. The standard InChI is InChI=1S/C20H18N2O3S/c23-19-6-3-11-22(19)12-14-7-9-15(10-8-14)20(24)25-13-18-21-16-4-1-2-5-17(16)26-18/h1-2,4-5,7-10H,3,6,11-13H2. The summed E-state index contributed by atoms with van der Waals surface area (Å²) in [6.07, 6.45) is 1.56. The zero-order chi connectivity index (χ0) is 17.9. The number of nitrogens with zero attached hydrogens (tertiary/aromatic N) is 2. The Hall–Kier alpha value is -2.73. The molecule has 0 atom stereocenters. The van der Waals surface area contributed by atoms with Gasteiger partial charge in [0.05, 0.1) is 15.8 Å². The van der Waals surface area contributed by atoms with Gasteiger partial charge in [0, 0.05) is 19.5 Å². The second kappa shape index (κ2) is 7.25. The highest BCUT2D eigenvalue weighted by molar-refractivity contribution is 7.18. The molecule has 0 N–H and O–H groups in total. The first-order valence-electron chi connectivity index (χ1n) is 8.57. The maximum absolute atomic E-state index is 12.2. The van der Waals surface area contributed by atoms with Crippen LogP contribution in [0.2, 0.25) is 0 Å². The van der Waals surface area contributed by atoms with E-state index in [4.69, 9.17) is 4.74 Å². The van der Waals surface area contributed by atoms with Gasteiger partial charge in [0.1, 0.15) is 11.6 Å². The van der Waals surface area contributed by atoms with E-state index in [1.165, 1.54) is 11.3 Å². The number of amides is 1. The minimum atomic E-state index is -0.368. The van der Waals surface area contributed by atoms with Gasteiger partial charge in [0.2, 0.25) is 5.91 Å². The number of carbonyl (C=O) groups is 2. The van der Waals surface area contributed by atoms with Crippen molar-refractivity contribution in [3.8, 4) is 0 Å². The number of ether oxygens (including phenoxy) is 1. The summed E-state index contributed by atoms with van der Waals surface area (Å²) in [6.45, 7) is 1.58. The molecule has 0 radical (unpaired) electrons. The van der Waals surface area contributed by atoms with E-state index in [9.17, 15) is 9.59 Å². The molecule has 1 fully saturated rings. The van der Waals surface area contributed by atoms with Crippen molar-refractivity contribution in [1.29, 1.82) is 0 Å². The molecule has 4 rings (SSSR count). The summed E-state index contributed by atoms with van der Waals surface area (Å²) in [4.78, 5) is 30.2. The highest BCUT2D eigenvalue weighted by Gasteiger charge is 2.20. The van der Waals surface area contributed by atoms with Gasteiger partial charge in [-0.1, -0.05) is 24.3 Å². The summed E-state index contributed by atoms with van der Waals surface area (Å²) >= 11 is 1.53. The highest BCUT2D eigenvalue weighted by atomic mass is 32.1. The van der Waals surface area contributed by atoms with Gasteiger partial charge in [-0.3, -0.25) is 4.79 Å². The van der Waals surface area contributed by atoms with E-state index < -0.39 is 0 Å². The largest absolute Gasteiger partial charge is 0.455 e. The second-order valence-electron chi connectivity index (χ2n) is 6.27. The number of para-hydroxylation sites is 1. The maximum Gasteiger partial charge on any atom is 0.338 e. The molecule has 0 unspecified atom stereocenters. The first kappa shape index (κ1) is 16.7. The molecule has 132 valence electrons. The van der Waals surface area contributed by atoms with Gasteiger partial charge in [-0.25, -0.2) is 9.78 Å². The maximum atomic E-state index is 12.2. The van der Waals surface area contributed by atoms with Crippen LogP contribution in [0.15, 0.2) is 48.5 Å². The fourth-order valence-electron chi connectivity index (χ4n) is 3.03. The summed E-state index contributed by atoms with van der Waals surface area (Å²) in [6, 6.07) is 15.1. The van der Waals surface area contributed by atoms with Crippen LogP contribution in [0.4, 0.5) is 0 Å². The molecule has 5 nitrogen and oxygen atoms in total. The molecule has 0 aliphatic carbocycles. The van der Waals surface area contributed by atoms with E-state index in [1.807, 2.05) is 41.3 Å². The van der Waals surface area contributed by atoms with Crippen LogP contribution in [-0.4, -0.2) is 28.3 Å². The monoisotopic (exact) mass is 366 g/mol. The number of benzene rings is 2. The van der Waals surface area contributed by atoms with Crippen molar-refractivity contribution in [3.05, 3.63) is 64.7 Å². The van der Waals surface area contributed by atoms with Crippen LogP contribution in [0, 0.1) is 0 Å². The first-order valence-corrected chi connectivity index (χ1v) is 9.39. The number of fused-ring (bicyclic) bond motifs is 1. The van der Waals surface area contributed by atoms with Gasteiger partial charge in [0.15, 0.2) is 0 Å². The third kappa shape index (κ3) is 3.60. The summed E-state index contributed by atoms with van der Waals surface area (Å²) in [5.41, 5.74) is 2.44. The third-order valence-electron chi connectivity index (χ3n) is 4.40. The summed E-state index contributed by atoms with van der Waals surface area (Å²) in [5.74, 6) is -0.169. The van der Waals surface area contributed by atoms with Crippen LogP contribution in [-0.2, 0) is 22.7 Å². The second-order valence-corrected chi connectivity index (χ2v) is 7.38. The Bertz CT molecular complexity index is 916. The molecule has 0 saturated carbocycles. The van der Waals surface area contributed by atoms with E-state index in [0.29, 0.717) is 18.5 Å². The summed E-state index contributed by atoms with van der Waals surface area (Å²) in [5, 5.41) is 0.781. The van der Waals surface area contributed by atoms with E-state index >= 15 is 0 Å². The number of hydrogen-bond donors (Lipinski definition) is 0. The Labute approximate surface area is 155 Å². The van der Waals surface area contributed by atoms with Crippen LogP contribution in [0.1, 0.15) is 33.8 Å². The zero-order valence-electron chi connectivity index (χ0n) is 14.2.